The number of methoxy groups -OCH3 is 2. The van der Waals surface area contributed by atoms with Gasteiger partial charge in [-0.25, -0.2) is 4.98 Å². The van der Waals surface area contributed by atoms with Crippen LogP contribution in [0.25, 0.3) is 0 Å². The lowest BCUT2D eigenvalue weighted by Crippen LogP contribution is -2.49. The van der Waals surface area contributed by atoms with Crippen molar-refractivity contribution in [1.29, 1.82) is 0 Å². The topological polar surface area (TPSA) is 58.1 Å². The van der Waals surface area contributed by atoms with E-state index in [0.717, 1.165) is 49.1 Å². The Morgan fingerprint density at radius 2 is 1.89 bits per heavy atom. The Bertz CT molecular complexity index is 776. The number of carbonyl (C=O) groups excluding carboxylic acids is 1. The number of nitrogens with zero attached hydrogens (tertiary/aromatic N) is 4. The van der Waals surface area contributed by atoms with E-state index < -0.39 is 0 Å². The lowest BCUT2D eigenvalue weighted by Gasteiger charge is -2.35. The molecule has 1 aromatic carbocycles. The molecule has 1 fully saturated rings. The van der Waals surface area contributed by atoms with Gasteiger partial charge in [0, 0.05) is 57.6 Å². The molecular weight excluding hydrogens is 356 g/mol. The van der Waals surface area contributed by atoms with Crippen LogP contribution in [0.3, 0.4) is 0 Å². The second-order valence-corrected chi connectivity index (χ2v) is 6.88. The average Bonchev–Trinajstić information content (AvgIpc) is 2.75. The quantitative estimate of drug-likeness (QED) is 0.727. The van der Waals surface area contributed by atoms with Crippen molar-refractivity contribution in [1.82, 2.24) is 14.8 Å². The normalized spacial score (nSPS) is 14.6. The highest BCUT2D eigenvalue weighted by molar-refractivity contribution is 5.78. The van der Waals surface area contributed by atoms with Crippen LogP contribution in [-0.2, 0) is 11.3 Å². The highest BCUT2D eigenvalue weighted by Crippen LogP contribution is 2.25. The summed E-state index contributed by atoms with van der Waals surface area (Å²) < 4.78 is 10.7. The van der Waals surface area contributed by atoms with Crippen LogP contribution in [0.2, 0.25) is 0 Å². The number of amides is 1. The largest absolute Gasteiger partial charge is 0.497 e. The summed E-state index contributed by atoms with van der Waals surface area (Å²) in [5, 5.41) is 0. The van der Waals surface area contributed by atoms with Crippen LogP contribution in [0.4, 0.5) is 5.82 Å². The third-order valence-electron chi connectivity index (χ3n) is 5.03. The maximum absolute atomic E-state index is 12.7. The zero-order valence-corrected chi connectivity index (χ0v) is 16.8. The lowest BCUT2D eigenvalue weighted by molar-refractivity contribution is -0.131. The number of aromatic nitrogens is 1. The molecule has 0 atom stereocenters. The van der Waals surface area contributed by atoms with E-state index in [2.05, 4.69) is 14.8 Å². The molecule has 0 spiro atoms. The first-order chi connectivity index (χ1) is 13.6. The van der Waals surface area contributed by atoms with Crippen molar-refractivity contribution in [2.75, 3.05) is 58.9 Å². The second kappa shape index (κ2) is 9.41. The van der Waals surface area contributed by atoms with E-state index in [1.54, 1.807) is 19.1 Å². The van der Waals surface area contributed by atoms with Crippen LogP contribution in [0.5, 0.6) is 11.5 Å². The summed E-state index contributed by atoms with van der Waals surface area (Å²) in [6.07, 6.45) is 1.81. The fraction of sp³-hybridized carbons (Fsp3) is 0.429. The monoisotopic (exact) mass is 384 g/mol. The van der Waals surface area contributed by atoms with E-state index in [4.69, 9.17) is 9.47 Å². The molecule has 0 radical (unpaired) electrons. The van der Waals surface area contributed by atoms with E-state index in [-0.39, 0.29) is 5.91 Å². The number of likely N-dealkylation sites (N-methyl/N-ethyl adjacent to an activating group) is 1. The number of hydrogen-bond donors (Lipinski definition) is 0. The Hall–Kier alpha value is -2.80. The molecule has 1 aliphatic heterocycles. The van der Waals surface area contributed by atoms with Gasteiger partial charge in [-0.2, -0.15) is 0 Å². The number of rotatable bonds is 7. The molecule has 7 nitrogen and oxygen atoms in total. The molecule has 0 unspecified atom stereocenters. The molecule has 1 aromatic heterocycles. The molecule has 150 valence electrons. The van der Waals surface area contributed by atoms with Gasteiger partial charge in [-0.15, -0.1) is 0 Å². The van der Waals surface area contributed by atoms with E-state index >= 15 is 0 Å². The van der Waals surface area contributed by atoms with Crippen LogP contribution in [0, 0.1) is 0 Å². The van der Waals surface area contributed by atoms with Gasteiger partial charge in [0.2, 0.25) is 5.91 Å². The first-order valence-corrected chi connectivity index (χ1v) is 9.44. The highest BCUT2D eigenvalue weighted by atomic mass is 16.5. The number of ether oxygens (including phenoxy) is 2. The molecule has 1 aliphatic rings. The van der Waals surface area contributed by atoms with Gasteiger partial charge in [-0.1, -0.05) is 6.07 Å². The van der Waals surface area contributed by atoms with Crippen molar-refractivity contribution in [2.45, 2.75) is 6.54 Å². The molecule has 0 bridgehead atoms. The van der Waals surface area contributed by atoms with Crippen LogP contribution >= 0.6 is 0 Å². The van der Waals surface area contributed by atoms with Crippen molar-refractivity contribution in [3.8, 4) is 11.5 Å². The molecular formula is C21H28N4O3. The molecule has 0 N–H and O–H groups in total. The van der Waals surface area contributed by atoms with E-state index in [1.807, 2.05) is 49.6 Å². The Morgan fingerprint density at radius 3 is 2.54 bits per heavy atom. The van der Waals surface area contributed by atoms with Crippen LogP contribution in [-0.4, -0.2) is 74.7 Å². The van der Waals surface area contributed by atoms with Gasteiger partial charge < -0.3 is 19.3 Å². The highest BCUT2D eigenvalue weighted by Gasteiger charge is 2.21. The second-order valence-electron chi connectivity index (χ2n) is 6.88. The number of benzene rings is 1. The summed E-state index contributed by atoms with van der Waals surface area (Å²) >= 11 is 0. The molecule has 2 heterocycles. The number of anilines is 1. The predicted octanol–water partition coefficient (Wildman–Crippen LogP) is 1.88. The van der Waals surface area contributed by atoms with Gasteiger partial charge in [0.05, 0.1) is 20.8 Å². The maximum Gasteiger partial charge on any atom is 0.236 e. The number of pyridine rings is 1. The van der Waals surface area contributed by atoms with Gasteiger partial charge in [-0.3, -0.25) is 9.69 Å². The van der Waals surface area contributed by atoms with Crippen molar-refractivity contribution in [3.05, 3.63) is 48.2 Å². The van der Waals surface area contributed by atoms with Crippen molar-refractivity contribution in [2.24, 2.45) is 0 Å². The zero-order chi connectivity index (χ0) is 19.9. The van der Waals surface area contributed by atoms with Gasteiger partial charge in [0.25, 0.3) is 0 Å². The molecule has 2 aromatic rings. The molecule has 3 rings (SSSR count). The van der Waals surface area contributed by atoms with E-state index in [0.29, 0.717) is 13.1 Å². The summed E-state index contributed by atoms with van der Waals surface area (Å²) in [7, 11) is 5.08. The summed E-state index contributed by atoms with van der Waals surface area (Å²) in [5.74, 6) is 2.56. The Balaban J connectivity index is 1.51. The maximum atomic E-state index is 12.7. The smallest absolute Gasteiger partial charge is 0.236 e. The molecule has 1 saturated heterocycles. The van der Waals surface area contributed by atoms with Crippen LogP contribution in [0.15, 0.2) is 42.6 Å². The third-order valence-corrected chi connectivity index (χ3v) is 5.03. The Labute approximate surface area is 166 Å². The number of piperazine rings is 1. The fourth-order valence-electron chi connectivity index (χ4n) is 3.31. The predicted molar refractivity (Wildman–Crippen MR) is 109 cm³/mol. The summed E-state index contributed by atoms with van der Waals surface area (Å²) in [6, 6.07) is 11.6. The minimum atomic E-state index is 0.101. The first-order valence-electron chi connectivity index (χ1n) is 9.44. The molecule has 0 aliphatic carbocycles. The van der Waals surface area contributed by atoms with Crippen LogP contribution < -0.4 is 14.4 Å². The fourth-order valence-corrected chi connectivity index (χ4v) is 3.31. The lowest BCUT2D eigenvalue weighted by atomic mass is 10.1. The van der Waals surface area contributed by atoms with Crippen LogP contribution in [0.1, 0.15) is 5.56 Å². The Kier molecular flexibility index (Phi) is 6.71. The first kappa shape index (κ1) is 19.9. The Morgan fingerprint density at radius 1 is 1.11 bits per heavy atom. The SMILES string of the molecule is COc1ccc(CN(C)C(=O)CN2CCN(c3ccccn3)CC2)c(OC)c1. The third kappa shape index (κ3) is 4.92. The summed E-state index contributed by atoms with van der Waals surface area (Å²) in [6.45, 7) is 4.37. The zero-order valence-electron chi connectivity index (χ0n) is 16.8. The van der Waals surface area contributed by atoms with Crippen molar-refractivity contribution < 1.29 is 14.3 Å². The van der Waals surface area contributed by atoms with E-state index in [1.165, 1.54) is 0 Å². The van der Waals surface area contributed by atoms with Crippen molar-refractivity contribution in [3.63, 3.8) is 0 Å². The van der Waals surface area contributed by atoms with E-state index in [9.17, 15) is 4.79 Å². The van der Waals surface area contributed by atoms with Gasteiger partial charge in [-0.05, 0) is 24.3 Å². The molecule has 0 saturated carbocycles. The number of carbonyl (C=O) groups is 1. The van der Waals surface area contributed by atoms with Gasteiger partial charge in [0.1, 0.15) is 17.3 Å². The minimum absolute atomic E-state index is 0.101. The number of hydrogen-bond acceptors (Lipinski definition) is 6. The summed E-state index contributed by atoms with van der Waals surface area (Å²) in [4.78, 5) is 23.3. The molecule has 7 heteroatoms. The standard InChI is InChI=1S/C21H28N4O3/c1-23(15-17-7-8-18(27-2)14-19(17)28-3)21(26)16-24-10-12-25(13-11-24)20-6-4-5-9-22-20/h4-9,14H,10-13,15-16H2,1-3H3. The minimum Gasteiger partial charge on any atom is -0.497 e. The molecule has 28 heavy (non-hydrogen) atoms. The average molecular weight is 384 g/mol. The summed E-state index contributed by atoms with van der Waals surface area (Å²) in [5.41, 5.74) is 0.958. The van der Waals surface area contributed by atoms with Gasteiger partial charge in [0.15, 0.2) is 0 Å². The van der Waals surface area contributed by atoms with Gasteiger partial charge >= 0.3 is 0 Å². The molecule has 1 amide bonds. The van der Waals surface area contributed by atoms with Crippen molar-refractivity contribution >= 4 is 11.7 Å².